The third-order valence-electron chi connectivity index (χ3n) is 3.02. The van der Waals surface area contributed by atoms with E-state index < -0.39 is 0 Å². The molecule has 4 heteroatoms. The molecule has 0 spiro atoms. The summed E-state index contributed by atoms with van der Waals surface area (Å²) in [7, 11) is 0. The third-order valence-corrected chi connectivity index (χ3v) is 3.82. The number of hydrogen-bond donors (Lipinski definition) is 0. The van der Waals surface area contributed by atoms with E-state index in [0.29, 0.717) is 22.8 Å². The molecule has 1 heterocycles. The van der Waals surface area contributed by atoms with Crippen molar-refractivity contribution in [1.82, 2.24) is 0 Å². The lowest BCUT2D eigenvalue weighted by atomic mass is 10.1. The van der Waals surface area contributed by atoms with Gasteiger partial charge in [-0.25, -0.2) is 0 Å². The molecular formula is C16H10BrClO2. The number of rotatable bonds is 3. The monoisotopic (exact) mass is 348 g/mol. The first-order valence-corrected chi connectivity index (χ1v) is 7.26. The Hall–Kier alpha value is -1.58. The smallest absolute Gasteiger partial charge is 0.202 e. The van der Waals surface area contributed by atoms with Crippen LogP contribution in [0.25, 0.3) is 11.0 Å². The second kappa shape index (κ2) is 5.43. The summed E-state index contributed by atoms with van der Waals surface area (Å²) in [5.74, 6) is 0.281. The number of ketones is 1. The molecule has 2 aromatic carbocycles. The van der Waals surface area contributed by atoms with Crippen LogP contribution in [0.5, 0.6) is 0 Å². The van der Waals surface area contributed by atoms with Gasteiger partial charge in [0.1, 0.15) is 0 Å². The van der Waals surface area contributed by atoms with Crippen LogP contribution in [0.15, 0.2) is 57.4 Å². The molecule has 2 nitrogen and oxygen atoms in total. The van der Waals surface area contributed by atoms with Crippen molar-refractivity contribution in [3.8, 4) is 0 Å². The van der Waals surface area contributed by atoms with Crippen molar-refractivity contribution >= 4 is 44.3 Å². The Morgan fingerprint density at radius 3 is 2.70 bits per heavy atom. The van der Waals surface area contributed by atoms with E-state index in [4.69, 9.17) is 16.0 Å². The molecule has 0 saturated carbocycles. The van der Waals surface area contributed by atoms with E-state index in [1.165, 1.54) is 0 Å². The Bertz CT molecular complexity index is 792. The van der Waals surface area contributed by atoms with Crippen molar-refractivity contribution in [2.75, 3.05) is 0 Å². The Morgan fingerprint density at radius 1 is 1.15 bits per heavy atom. The summed E-state index contributed by atoms with van der Waals surface area (Å²) in [5.41, 5.74) is 1.50. The van der Waals surface area contributed by atoms with Gasteiger partial charge < -0.3 is 4.42 Å². The van der Waals surface area contributed by atoms with Gasteiger partial charge >= 0.3 is 0 Å². The van der Waals surface area contributed by atoms with Crippen molar-refractivity contribution in [2.24, 2.45) is 0 Å². The molecule has 0 bridgehead atoms. The first kappa shape index (κ1) is 13.4. The highest BCUT2D eigenvalue weighted by Crippen LogP contribution is 2.27. The first-order valence-electron chi connectivity index (χ1n) is 6.09. The number of halogens is 2. The van der Waals surface area contributed by atoms with Crippen molar-refractivity contribution in [3.63, 3.8) is 0 Å². The molecule has 0 atom stereocenters. The van der Waals surface area contributed by atoms with Crippen LogP contribution in [-0.4, -0.2) is 5.78 Å². The zero-order chi connectivity index (χ0) is 14.1. The average molecular weight is 350 g/mol. The second-order valence-electron chi connectivity index (χ2n) is 4.50. The van der Waals surface area contributed by atoms with Crippen molar-refractivity contribution < 1.29 is 9.21 Å². The molecule has 0 amide bonds. The predicted molar refractivity (Wildman–Crippen MR) is 83.4 cm³/mol. The topological polar surface area (TPSA) is 30.2 Å². The van der Waals surface area contributed by atoms with Crippen LogP contribution in [0, 0.1) is 0 Å². The van der Waals surface area contributed by atoms with E-state index >= 15 is 0 Å². The maximum atomic E-state index is 12.3. The highest BCUT2D eigenvalue weighted by Gasteiger charge is 2.14. The summed E-state index contributed by atoms with van der Waals surface area (Å²) in [5, 5.41) is 1.36. The molecule has 0 aliphatic carbocycles. The SMILES string of the molecule is O=C(Cc1cccc(Br)c1)c1cc2cccc(Cl)c2o1. The summed E-state index contributed by atoms with van der Waals surface area (Å²) >= 11 is 9.44. The Balaban J connectivity index is 1.91. The van der Waals surface area contributed by atoms with Gasteiger partial charge in [0.25, 0.3) is 0 Å². The lowest BCUT2D eigenvalue weighted by molar-refractivity contribution is 0.0968. The summed E-state index contributed by atoms with van der Waals surface area (Å²) < 4.78 is 6.52. The summed E-state index contributed by atoms with van der Waals surface area (Å²) in [6.45, 7) is 0. The van der Waals surface area contributed by atoms with Crippen molar-refractivity contribution in [1.29, 1.82) is 0 Å². The van der Waals surface area contributed by atoms with Gasteiger partial charge in [-0.1, -0.05) is 51.8 Å². The van der Waals surface area contributed by atoms with Gasteiger partial charge in [-0.15, -0.1) is 0 Å². The molecule has 0 unspecified atom stereocenters. The highest BCUT2D eigenvalue weighted by molar-refractivity contribution is 9.10. The van der Waals surface area contributed by atoms with Crippen LogP contribution in [0.1, 0.15) is 16.1 Å². The standard InChI is InChI=1S/C16H10BrClO2/c17-12-5-1-3-10(7-12)8-14(19)15-9-11-4-2-6-13(18)16(11)20-15/h1-7,9H,8H2. The molecule has 3 rings (SSSR count). The molecular weight excluding hydrogens is 340 g/mol. The maximum absolute atomic E-state index is 12.3. The van der Waals surface area contributed by atoms with Gasteiger partial charge in [0.15, 0.2) is 11.3 Å². The van der Waals surface area contributed by atoms with Crippen molar-refractivity contribution in [2.45, 2.75) is 6.42 Å². The largest absolute Gasteiger partial charge is 0.451 e. The van der Waals surface area contributed by atoms with Gasteiger partial charge in [-0.05, 0) is 29.8 Å². The predicted octanol–water partition coefficient (Wildman–Crippen LogP) is 5.27. The molecule has 0 N–H and O–H groups in total. The lowest BCUT2D eigenvalue weighted by Gasteiger charge is -1.99. The summed E-state index contributed by atoms with van der Waals surface area (Å²) in [4.78, 5) is 12.3. The van der Waals surface area contributed by atoms with Crippen molar-refractivity contribution in [3.05, 3.63) is 69.3 Å². The number of furan rings is 1. The fraction of sp³-hybridized carbons (Fsp3) is 0.0625. The molecule has 0 aliphatic heterocycles. The van der Waals surface area contributed by atoms with E-state index in [0.717, 1.165) is 15.4 Å². The van der Waals surface area contributed by atoms with E-state index in [1.807, 2.05) is 36.4 Å². The minimum Gasteiger partial charge on any atom is -0.451 e. The molecule has 100 valence electrons. The fourth-order valence-corrected chi connectivity index (χ4v) is 2.75. The molecule has 0 aliphatic rings. The quantitative estimate of drug-likeness (QED) is 0.603. The van der Waals surface area contributed by atoms with Crippen LogP contribution in [0.4, 0.5) is 0 Å². The maximum Gasteiger partial charge on any atom is 0.202 e. The Kier molecular flexibility index (Phi) is 3.64. The number of carbonyl (C=O) groups excluding carboxylic acids is 1. The van der Waals surface area contributed by atoms with Gasteiger partial charge in [0, 0.05) is 16.3 Å². The summed E-state index contributed by atoms with van der Waals surface area (Å²) in [6.07, 6.45) is 0.302. The number of hydrogen-bond acceptors (Lipinski definition) is 2. The van der Waals surface area contributed by atoms with Crippen LogP contribution in [0.2, 0.25) is 5.02 Å². The van der Waals surface area contributed by atoms with Gasteiger partial charge in [0.2, 0.25) is 5.78 Å². The molecule has 0 saturated heterocycles. The normalized spacial score (nSPS) is 10.9. The highest BCUT2D eigenvalue weighted by atomic mass is 79.9. The number of para-hydroxylation sites is 1. The summed E-state index contributed by atoms with van der Waals surface area (Å²) in [6, 6.07) is 14.9. The number of Topliss-reactive ketones (excluding diaryl/α,β-unsaturated/α-hetero) is 1. The van der Waals surface area contributed by atoms with E-state index in [2.05, 4.69) is 15.9 Å². The first-order chi connectivity index (χ1) is 9.63. The second-order valence-corrected chi connectivity index (χ2v) is 5.82. The zero-order valence-electron chi connectivity index (χ0n) is 10.4. The van der Waals surface area contributed by atoms with Crippen LogP contribution < -0.4 is 0 Å². The Morgan fingerprint density at radius 2 is 1.95 bits per heavy atom. The van der Waals surface area contributed by atoms with Gasteiger partial charge in [-0.3, -0.25) is 4.79 Å². The number of benzene rings is 2. The molecule has 0 radical (unpaired) electrons. The number of fused-ring (bicyclic) bond motifs is 1. The third kappa shape index (κ3) is 2.65. The van der Waals surface area contributed by atoms with Gasteiger partial charge in [0.05, 0.1) is 5.02 Å². The molecule has 20 heavy (non-hydrogen) atoms. The Labute approximate surface area is 129 Å². The fourth-order valence-electron chi connectivity index (χ4n) is 2.08. The van der Waals surface area contributed by atoms with E-state index in [-0.39, 0.29) is 5.78 Å². The molecule has 1 aromatic heterocycles. The van der Waals surface area contributed by atoms with Crippen LogP contribution in [-0.2, 0) is 6.42 Å². The minimum atomic E-state index is -0.0598. The lowest BCUT2D eigenvalue weighted by Crippen LogP contribution is -2.01. The van der Waals surface area contributed by atoms with E-state index in [9.17, 15) is 4.79 Å². The van der Waals surface area contributed by atoms with Crippen LogP contribution >= 0.6 is 27.5 Å². The van der Waals surface area contributed by atoms with Gasteiger partial charge in [-0.2, -0.15) is 0 Å². The average Bonchev–Trinajstić information content (AvgIpc) is 2.84. The number of carbonyl (C=O) groups is 1. The van der Waals surface area contributed by atoms with Crippen LogP contribution in [0.3, 0.4) is 0 Å². The minimum absolute atomic E-state index is 0.0598. The zero-order valence-corrected chi connectivity index (χ0v) is 12.7. The van der Waals surface area contributed by atoms with E-state index in [1.54, 1.807) is 12.1 Å². The molecule has 3 aromatic rings. The molecule has 0 fully saturated rings.